The molecule has 1 aromatic carbocycles. The Kier molecular flexibility index (Phi) is 7.77. The number of hydrogen-bond acceptors (Lipinski definition) is 3. The molecule has 0 fully saturated rings. The molecule has 21 heavy (non-hydrogen) atoms. The molecule has 0 aliphatic rings. The van der Waals surface area contributed by atoms with Gasteiger partial charge in [0.2, 0.25) is 5.91 Å². The van der Waals surface area contributed by atoms with Crippen LogP contribution in [0, 0.1) is 0 Å². The largest absolute Gasteiger partial charge is 0.396 e. The van der Waals surface area contributed by atoms with Crippen LogP contribution >= 0.6 is 34.8 Å². The van der Waals surface area contributed by atoms with Crippen molar-refractivity contribution in [1.82, 2.24) is 4.90 Å². The second kappa shape index (κ2) is 8.81. The minimum Gasteiger partial charge on any atom is -0.396 e. The lowest BCUT2D eigenvalue weighted by molar-refractivity contribution is -0.117. The van der Waals surface area contributed by atoms with Crippen LogP contribution in [0.25, 0.3) is 0 Å². The minimum absolute atomic E-state index is 0.0969. The number of rotatable bonds is 7. The molecule has 1 rings (SSSR count). The number of hydrogen-bond donors (Lipinski definition) is 2. The van der Waals surface area contributed by atoms with E-state index in [4.69, 9.17) is 39.9 Å². The molecule has 0 heterocycles. The van der Waals surface area contributed by atoms with Crippen LogP contribution in [0.15, 0.2) is 12.1 Å². The highest BCUT2D eigenvalue weighted by Gasteiger charge is 2.16. The number of aliphatic hydroxyl groups excluding tert-OH is 1. The lowest BCUT2D eigenvalue weighted by Crippen LogP contribution is -2.39. The molecule has 118 valence electrons. The maximum Gasteiger partial charge on any atom is 0.238 e. The fourth-order valence-electron chi connectivity index (χ4n) is 1.82. The number of halogens is 3. The number of nitrogens with one attached hydrogen (secondary N) is 1. The summed E-state index contributed by atoms with van der Waals surface area (Å²) in [6.07, 6.45) is 0.619. The molecule has 1 amide bonds. The molecule has 0 aliphatic heterocycles. The Bertz CT molecular complexity index is 472. The Hall–Kier alpha value is -0.520. The van der Waals surface area contributed by atoms with Gasteiger partial charge in [0.1, 0.15) is 0 Å². The van der Waals surface area contributed by atoms with Crippen molar-refractivity contribution in [2.24, 2.45) is 0 Å². The highest BCUT2D eigenvalue weighted by atomic mass is 35.5. The van der Waals surface area contributed by atoms with E-state index in [2.05, 4.69) is 5.32 Å². The Labute approximate surface area is 140 Å². The van der Waals surface area contributed by atoms with Gasteiger partial charge in [-0.3, -0.25) is 9.69 Å². The van der Waals surface area contributed by atoms with Gasteiger partial charge < -0.3 is 10.4 Å². The van der Waals surface area contributed by atoms with E-state index in [1.165, 1.54) is 12.1 Å². The van der Waals surface area contributed by atoms with Gasteiger partial charge in [-0.15, -0.1) is 0 Å². The van der Waals surface area contributed by atoms with E-state index < -0.39 is 0 Å². The molecule has 0 saturated heterocycles. The second-order valence-electron chi connectivity index (χ2n) is 4.93. The number of amides is 1. The molecule has 1 aromatic rings. The fraction of sp³-hybridized carbons (Fsp3) is 0.500. The molecular formula is C14H19Cl3N2O2. The van der Waals surface area contributed by atoms with E-state index >= 15 is 0 Å². The van der Waals surface area contributed by atoms with Gasteiger partial charge in [0.15, 0.2) is 0 Å². The predicted molar refractivity (Wildman–Crippen MR) is 88.5 cm³/mol. The smallest absolute Gasteiger partial charge is 0.238 e. The summed E-state index contributed by atoms with van der Waals surface area (Å²) < 4.78 is 0. The van der Waals surface area contributed by atoms with Gasteiger partial charge in [0.05, 0.1) is 22.3 Å². The van der Waals surface area contributed by atoms with Gasteiger partial charge in [0.25, 0.3) is 0 Å². The van der Waals surface area contributed by atoms with Crippen LogP contribution in [0.3, 0.4) is 0 Å². The van der Waals surface area contributed by atoms with Crippen molar-refractivity contribution < 1.29 is 9.90 Å². The lowest BCUT2D eigenvalue weighted by Gasteiger charge is -2.25. The number of anilines is 1. The van der Waals surface area contributed by atoms with Gasteiger partial charge in [-0.25, -0.2) is 0 Å². The monoisotopic (exact) mass is 352 g/mol. The first kappa shape index (κ1) is 18.5. The first-order valence-corrected chi connectivity index (χ1v) is 7.77. The summed E-state index contributed by atoms with van der Waals surface area (Å²) in [4.78, 5) is 14.1. The number of aliphatic hydroxyl groups is 1. The highest BCUT2D eigenvalue weighted by molar-refractivity contribution is 6.42. The van der Waals surface area contributed by atoms with E-state index in [0.717, 1.165) is 0 Å². The SMILES string of the molecule is CC(C)N(CCCO)CC(=O)Nc1c(Cl)cc(Cl)cc1Cl. The van der Waals surface area contributed by atoms with Crippen molar-refractivity contribution in [2.45, 2.75) is 26.3 Å². The average molecular weight is 354 g/mol. The lowest BCUT2D eigenvalue weighted by atomic mass is 10.2. The standard InChI is InChI=1S/C14H19Cl3N2O2/c1-9(2)19(4-3-5-20)8-13(21)18-14-11(16)6-10(15)7-12(14)17/h6-7,9,20H,3-5,8H2,1-2H3,(H,18,21). The fourth-order valence-corrected chi connectivity index (χ4v) is 2.73. The maximum absolute atomic E-state index is 12.1. The highest BCUT2D eigenvalue weighted by Crippen LogP contribution is 2.33. The summed E-state index contributed by atoms with van der Waals surface area (Å²) in [5.74, 6) is -0.215. The summed E-state index contributed by atoms with van der Waals surface area (Å²) in [6.45, 7) is 4.93. The normalized spacial score (nSPS) is 11.2. The second-order valence-corrected chi connectivity index (χ2v) is 6.18. The maximum atomic E-state index is 12.1. The summed E-state index contributed by atoms with van der Waals surface area (Å²) >= 11 is 17.9. The molecule has 2 N–H and O–H groups in total. The number of nitrogens with zero attached hydrogens (tertiary/aromatic N) is 1. The van der Waals surface area contributed by atoms with Gasteiger partial charge in [-0.05, 0) is 32.4 Å². The minimum atomic E-state index is -0.215. The molecule has 7 heteroatoms. The van der Waals surface area contributed by atoms with Crippen LogP contribution in [-0.4, -0.2) is 41.7 Å². The predicted octanol–water partition coefficient (Wildman–Crippen LogP) is 3.68. The third-order valence-electron chi connectivity index (χ3n) is 2.95. The molecule has 0 unspecified atom stereocenters. The third kappa shape index (κ3) is 6.01. The molecule has 0 spiro atoms. The first-order chi connectivity index (χ1) is 9.85. The summed E-state index contributed by atoms with van der Waals surface area (Å²) in [7, 11) is 0. The third-order valence-corrected chi connectivity index (χ3v) is 3.77. The van der Waals surface area contributed by atoms with E-state index in [0.29, 0.717) is 33.7 Å². The van der Waals surface area contributed by atoms with Crippen molar-refractivity contribution in [3.8, 4) is 0 Å². The Morgan fingerprint density at radius 2 is 1.86 bits per heavy atom. The van der Waals surface area contributed by atoms with E-state index in [9.17, 15) is 4.79 Å². The zero-order chi connectivity index (χ0) is 16.0. The molecule has 0 saturated carbocycles. The first-order valence-electron chi connectivity index (χ1n) is 6.64. The molecule has 0 radical (unpaired) electrons. The van der Waals surface area contributed by atoms with Crippen molar-refractivity contribution in [2.75, 3.05) is 25.0 Å². The topological polar surface area (TPSA) is 52.6 Å². The van der Waals surface area contributed by atoms with Crippen LogP contribution in [0.2, 0.25) is 15.1 Å². The van der Waals surface area contributed by atoms with Crippen LogP contribution in [0.5, 0.6) is 0 Å². The van der Waals surface area contributed by atoms with Crippen LogP contribution < -0.4 is 5.32 Å². The molecule has 0 atom stereocenters. The van der Waals surface area contributed by atoms with Crippen LogP contribution in [0.1, 0.15) is 20.3 Å². The van der Waals surface area contributed by atoms with Crippen LogP contribution in [-0.2, 0) is 4.79 Å². The van der Waals surface area contributed by atoms with Gasteiger partial charge in [-0.2, -0.15) is 0 Å². The molecule has 0 bridgehead atoms. The summed E-state index contributed by atoms with van der Waals surface area (Å²) in [5.41, 5.74) is 0.360. The van der Waals surface area contributed by atoms with Gasteiger partial charge >= 0.3 is 0 Å². The number of carbonyl (C=O) groups excluding carboxylic acids is 1. The average Bonchev–Trinajstić information content (AvgIpc) is 2.38. The van der Waals surface area contributed by atoms with Gasteiger partial charge in [0, 0.05) is 24.2 Å². The quantitative estimate of drug-likeness (QED) is 0.786. The van der Waals surface area contributed by atoms with E-state index in [1.54, 1.807) is 0 Å². The zero-order valence-electron chi connectivity index (χ0n) is 12.0. The molecular weight excluding hydrogens is 335 g/mol. The van der Waals surface area contributed by atoms with Crippen molar-refractivity contribution >= 4 is 46.4 Å². The number of benzene rings is 1. The summed E-state index contributed by atoms with van der Waals surface area (Å²) in [5, 5.41) is 12.6. The van der Waals surface area contributed by atoms with Crippen LogP contribution in [0.4, 0.5) is 5.69 Å². The van der Waals surface area contributed by atoms with Crippen molar-refractivity contribution in [3.05, 3.63) is 27.2 Å². The Morgan fingerprint density at radius 1 is 1.29 bits per heavy atom. The zero-order valence-corrected chi connectivity index (χ0v) is 14.3. The molecule has 4 nitrogen and oxygen atoms in total. The summed E-state index contributed by atoms with van der Waals surface area (Å²) in [6, 6.07) is 3.24. The molecule has 0 aromatic heterocycles. The van der Waals surface area contributed by atoms with E-state index in [1.807, 2.05) is 18.7 Å². The van der Waals surface area contributed by atoms with E-state index in [-0.39, 0.29) is 25.1 Å². The van der Waals surface area contributed by atoms with Crippen molar-refractivity contribution in [1.29, 1.82) is 0 Å². The Morgan fingerprint density at radius 3 is 2.33 bits per heavy atom. The Balaban J connectivity index is 2.72. The van der Waals surface area contributed by atoms with Crippen molar-refractivity contribution in [3.63, 3.8) is 0 Å². The van der Waals surface area contributed by atoms with Gasteiger partial charge in [-0.1, -0.05) is 34.8 Å². The molecule has 0 aliphatic carbocycles. The number of carbonyl (C=O) groups is 1.